The molecule has 0 aromatic rings. The maximum absolute atomic E-state index is 11.5. The molecule has 0 aromatic heterocycles. The first kappa shape index (κ1) is 11.9. The number of rotatable bonds is 5. The van der Waals surface area contributed by atoms with E-state index >= 15 is 0 Å². The number of carbonyl (C=O) groups is 1. The number of ketones is 1. The minimum atomic E-state index is -0.713. The average Bonchev–Trinajstić information content (AvgIpc) is 2.46. The molecule has 82 valence electrons. The zero-order chi connectivity index (χ0) is 10.6. The molecule has 2 unspecified atom stereocenters. The van der Waals surface area contributed by atoms with Crippen molar-refractivity contribution in [3.8, 4) is 0 Å². The van der Waals surface area contributed by atoms with Gasteiger partial charge >= 0.3 is 0 Å². The number of carbonyl (C=O) groups excluding carboxylic acids is 1. The normalized spacial score (nSPS) is 24.5. The van der Waals surface area contributed by atoms with Crippen LogP contribution >= 0.6 is 0 Å². The summed E-state index contributed by atoms with van der Waals surface area (Å²) >= 11 is 0. The Morgan fingerprint density at radius 2 is 2.21 bits per heavy atom. The summed E-state index contributed by atoms with van der Waals surface area (Å²) in [5.74, 6) is 2.61. The van der Waals surface area contributed by atoms with Crippen molar-refractivity contribution in [1.82, 2.24) is 0 Å². The van der Waals surface area contributed by atoms with Gasteiger partial charge in [0.05, 0.1) is 0 Å². The Bertz CT molecular complexity index is 223. The molecule has 0 aliphatic heterocycles. The van der Waals surface area contributed by atoms with Gasteiger partial charge in [0, 0.05) is 34.6 Å². The second-order valence-electron chi connectivity index (χ2n) is 4.55. The SMILES string of the molecule is CC(C)CS(=O)CCC1CCCC1=O. The molecular formula is C11H20O2S. The molecule has 1 aliphatic carbocycles. The van der Waals surface area contributed by atoms with Gasteiger partial charge in [0.15, 0.2) is 0 Å². The monoisotopic (exact) mass is 216 g/mol. The summed E-state index contributed by atoms with van der Waals surface area (Å²) in [5.41, 5.74) is 0. The molecular weight excluding hydrogens is 196 g/mol. The van der Waals surface area contributed by atoms with Gasteiger partial charge in [0.2, 0.25) is 0 Å². The van der Waals surface area contributed by atoms with E-state index in [-0.39, 0.29) is 5.92 Å². The van der Waals surface area contributed by atoms with Crippen LogP contribution in [0.15, 0.2) is 0 Å². The van der Waals surface area contributed by atoms with Crippen LogP contribution in [0.5, 0.6) is 0 Å². The first-order chi connectivity index (χ1) is 6.59. The fourth-order valence-corrected chi connectivity index (χ4v) is 3.38. The van der Waals surface area contributed by atoms with Crippen molar-refractivity contribution in [2.45, 2.75) is 39.5 Å². The highest BCUT2D eigenvalue weighted by Gasteiger charge is 2.24. The topological polar surface area (TPSA) is 34.1 Å². The Morgan fingerprint density at radius 3 is 2.71 bits per heavy atom. The van der Waals surface area contributed by atoms with Gasteiger partial charge < -0.3 is 0 Å². The minimum Gasteiger partial charge on any atom is -0.299 e. The average molecular weight is 216 g/mol. The van der Waals surface area contributed by atoms with Crippen LogP contribution in [-0.4, -0.2) is 21.5 Å². The van der Waals surface area contributed by atoms with Crippen LogP contribution in [-0.2, 0) is 15.6 Å². The van der Waals surface area contributed by atoms with E-state index in [1.165, 1.54) is 0 Å². The number of hydrogen-bond donors (Lipinski definition) is 0. The van der Waals surface area contributed by atoms with Crippen LogP contribution in [0.25, 0.3) is 0 Å². The van der Waals surface area contributed by atoms with Gasteiger partial charge in [0.25, 0.3) is 0 Å². The molecule has 0 N–H and O–H groups in total. The molecule has 1 aliphatic rings. The molecule has 1 rings (SSSR count). The molecule has 2 atom stereocenters. The highest BCUT2D eigenvalue weighted by atomic mass is 32.2. The molecule has 0 spiro atoms. The lowest BCUT2D eigenvalue weighted by atomic mass is 10.1. The van der Waals surface area contributed by atoms with E-state index < -0.39 is 10.8 Å². The number of hydrogen-bond acceptors (Lipinski definition) is 2. The van der Waals surface area contributed by atoms with E-state index in [2.05, 4.69) is 13.8 Å². The largest absolute Gasteiger partial charge is 0.299 e. The lowest BCUT2D eigenvalue weighted by Crippen LogP contribution is -2.14. The fourth-order valence-electron chi connectivity index (χ4n) is 1.92. The second kappa shape index (κ2) is 5.64. The molecule has 0 aromatic carbocycles. The lowest BCUT2D eigenvalue weighted by molar-refractivity contribution is -0.120. The highest BCUT2D eigenvalue weighted by Crippen LogP contribution is 2.24. The first-order valence-corrected chi connectivity index (χ1v) is 6.96. The smallest absolute Gasteiger partial charge is 0.136 e. The Labute approximate surface area is 88.9 Å². The van der Waals surface area contributed by atoms with E-state index in [4.69, 9.17) is 0 Å². The van der Waals surface area contributed by atoms with Crippen molar-refractivity contribution >= 4 is 16.6 Å². The Kier molecular flexibility index (Phi) is 4.79. The van der Waals surface area contributed by atoms with Crippen molar-refractivity contribution in [3.05, 3.63) is 0 Å². The molecule has 1 saturated carbocycles. The van der Waals surface area contributed by atoms with Gasteiger partial charge in [-0.05, 0) is 25.2 Å². The van der Waals surface area contributed by atoms with Crippen LogP contribution < -0.4 is 0 Å². The molecule has 0 saturated heterocycles. The molecule has 0 bridgehead atoms. The molecule has 2 nitrogen and oxygen atoms in total. The summed E-state index contributed by atoms with van der Waals surface area (Å²) in [6.07, 6.45) is 3.66. The Morgan fingerprint density at radius 1 is 1.50 bits per heavy atom. The van der Waals surface area contributed by atoms with E-state index in [0.29, 0.717) is 17.5 Å². The van der Waals surface area contributed by atoms with E-state index in [0.717, 1.165) is 31.4 Å². The Hall–Kier alpha value is -0.180. The van der Waals surface area contributed by atoms with E-state index in [1.54, 1.807) is 0 Å². The molecule has 0 amide bonds. The van der Waals surface area contributed by atoms with Crippen molar-refractivity contribution in [2.24, 2.45) is 11.8 Å². The van der Waals surface area contributed by atoms with Gasteiger partial charge in [-0.15, -0.1) is 0 Å². The summed E-state index contributed by atoms with van der Waals surface area (Å²) in [7, 11) is -0.713. The standard InChI is InChI=1S/C11H20O2S/c1-9(2)8-14(13)7-6-10-4-3-5-11(10)12/h9-10H,3-8H2,1-2H3. The zero-order valence-corrected chi connectivity index (χ0v) is 9.94. The molecule has 14 heavy (non-hydrogen) atoms. The second-order valence-corrected chi connectivity index (χ2v) is 6.17. The van der Waals surface area contributed by atoms with Crippen LogP contribution in [0.3, 0.4) is 0 Å². The van der Waals surface area contributed by atoms with E-state index in [9.17, 15) is 9.00 Å². The summed E-state index contributed by atoms with van der Waals surface area (Å²) in [5, 5.41) is 0. The summed E-state index contributed by atoms with van der Waals surface area (Å²) in [4.78, 5) is 11.3. The molecule has 0 heterocycles. The van der Waals surface area contributed by atoms with Crippen molar-refractivity contribution in [2.75, 3.05) is 11.5 Å². The lowest BCUT2D eigenvalue weighted by Gasteiger charge is -2.08. The van der Waals surface area contributed by atoms with Crippen molar-refractivity contribution < 1.29 is 9.00 Å². The third kappa shape index (κ3) is 3.91. The maximum atomic E-state index is 11.5. The van der Waals surface area contributed by atoms with Crippen LogP contribution in [0.4, 0.5) is 0 Å². The molecule has 3 heteroatoms. The predicted molar refractivity (Wildman–Crippen MR) is 59.7 cm³/mol. The summed E-state index contributed by atoms with van der Waals surface area (Å²) in [6, 6.07) is 0. The zero-order valence-electron chi connectivity index (χ0n) is 9.12. The van der Waals surface area contributed by atoms with Crippen LogP contribution in [0, 0.1) is 11.8 Å². The van der Waals surface area contributed by atoms with Crippen LogP contribution in [0.2, 0.25) is 0 Å². The van der Waals surface area contributed by atoms with Gasteiger partial charge in [0.1, 0.15) is 5.78 Å². The van der Waals surface area contributed by atoms with Gasteiger partial charge in [-0.25, -0.2) is 0 Å². The third-order valence-corrected chi connectivity index (χ3v) is 4.37. The van der Waals surface area contributed by atoms with Gasteiger partial charge in [-0.2, -0.15) is 0 Å². The quantitative estimate of drug-likeness (QED) is 0.705. The van der Waals surface area contributed by atoms with Crippen molar-refractivity contribution in [3.63, 3.8) is 0 Å². The molecule has 0 radical (unpaired) electrons. The maximum Gasteiger partial charge on any atom is 0.136 e. The first-order valence-electron chi connectivity index (χ1n) is 5.47. The number of Topliss-reactive ketones (excluding diaryl/α,β-unsaturated/α-hetero) is 1. The summed E-state index contributed by atoms with van der Waals surface area (Å²) in [6.45, 7) is 4.16. The van der Waals surface area contributed by atoms with Gasteiger partial charge in [-0.1, -0.05) is 13.8 Å². The van der Waals surface area contributed by atoms with Crippen molar-refractivity contribution in [1.29, 1.82) is 0 Å². The molecule has 1 fully saturated rings. The van der Waals surface area contributed by atoms with E-state index in [1.807, 2.05) is 0 Å². The van der Waals surface area contributed by atoms with Crippen LogP contribution in [0.1, 0.15) is 39.5 Å². The summed E-state index contributed by atoms with van der Waals surface area (Å²) < 4.78 is 11.5. The van der Waals surface area contributed by atoms with Gasteiger partial charge in [-0.3, -0.25) is 9.00 Å². The minimum absolute atomic E-state index is 0.228. The Balaban J connectivity index is 2.19. The third-order valence-electron chi connectivity index (χ3n) is 2.64. The highest BCUT2D eigenvalue weighted by molar-refractivity contribution is 7.84. The fraction of sp³-hybridized carbons (Fsp3) is 0.909. The predicted octanol–water partition coefficient (Wildman–Crippen LogP) is 2.15.